The van der Waals surface area contributed by atoms with Gasteiger partial charge in [0.05, 0.1) is 0 Å². The molecule has 0 amide bonds. The van der Waals surface area contributed by atoms with Crippen LogP contribution in [0.3, 0.4) is 0 Å². The van der Waals surface area contributed by atoms with E-state index in [0.717, 1.165) is 25.6 Å². The SMILES string of the molecule is CCC(CN)CCNCC(C)C. The average Bonchev–Trinajstić information content (AvgIpc) is 2.04. The van der Waals surface area contributed by atoms with Crippen molar-refractivity contribution in [3.05, 3.63) is 0 Å². The van der Waals surface area contributed by atoms with Crippen LogP contribution in [0.5, 0.6) is 0 Å². The van der Waals surface area contributed by atoms with E-state index in [9.17, 15) is 0 Å². The summed E-state index contributed by atoms with van der Waals surface area (Å²) < 4.78 is 0. The highest BCUT2D eigenvalue weighted by atomic mass is 14.8. The predicted molar refractivity (Wildman–Crippen MR) is 55.2 cm³/mol. The van der Waals surface area contributed by atoms with Crippen molar-refractivity contribution in [3.8, 4) is 0 Å². The first kappa shape index (κ1) is 11.9. The Balaban J connectivity index is 3.17. The summed E-state index contributed by atoms with van der Waals surface area (Å²) in [7, 11) is 0. The third kappa shape index (κ3) is 6.62. The van der Waals surface area contributed by atoms with Gasteiger partial charge in [-0.05, 0) is 37.9 Å². The first-order valence-corrected chi connectivity index (χ1v) is 5.11. The summed E-state index contributed by atoms with van der Waals surface area (Å²) in [6.07, 6.45) is 2.43. The number of nitrogens with one attached hydrogen (secondary N) is 1. The molecule has 0 rings (SSSR count). The lowest BCUT2D eigenvalue weighted by atomic mass is 10.0. The van der Waals surface area contributed by atoms with Crippen LogP contribution in [0.1, 0.15) is 33.6 Å². The van der Waals surface area contributed by atoms with Gasteiger partial charge in [0.1, 0.15) is 0 Å². The van der Waals surface area contributed by atoms with Crippen LogP contribution in [0.15, 0.2) is 0 Å². The monoisotopic (exact) mass is 172 g/mol. The number of nitrogens with two attached hydrogens (primary N) is 1. The molecule has 1 unspecified atom stereocenters. The zero-order chi connectivity index (χ0) is 9.40. The highest BCUT2D eigenvalue weighted by Gasteiger charge is 2.02. The van der Waals surface area contributed by atoms with E-state index in [2.05, 4.69) is 26.1 Å². The fraction of sp³-hybridized carbons (Fsp3) is 1.00. The molecule has 0 saturated heterocycles. The van der Waals surface area contributed by atoms with Crippen molar-refractivity contribution in [2.75, 3.05) is 19.6 Å². The van der Waals surface area contributed by atoms with Crippen molar-refractivity contribution >= 4 is 0 Å². The molecule has 0 aromatic rings. The molecule has 0 saturated carbocycles. The second-order valence-corrected chi connectivity index (χ2v) is 3.90. The lowest BCUT2D eigenvalue weighted by Crippen LogP contribution is -2.24. The van der Waals surface area contributed by atoms with E-state index in [1.165, 1.54) is 12.8 Å². The summed E-state index contributed by atoms with van der Waals surface area (Å²) in [6.45, 7) is 9.75. The minimum Gasteiger partial charge on any atom is -0.330 e. The van der Waals surface area contributed by atoms with Crippen LogP contribution in [-0.2, 0) is 0 Å². The van der Waals surface area contributed by atoms with Crippen LogP contribution in [-0.4, -0.2) is 19.6 Å². The van der Waals surface area contributed by atoms with Crippen molar-refractivity contribution in [2.45, 2.75) is 33.6 Å². The summed E-state index contributed by atoms with van der Waals surface area (Å²) in [5, 5.41) is 3.43. The first-order valence-electron chi connectivity index (χ1n) is 5.11. The van der Waals surface area contributed by atoms with E-state index in [1.54, 1.807) is 0 Å². The van der Waals surface area contributed by atoms with Crippen LogP contribution in [0.2, 0.25) is 0 Å². The van der Waals surface area contributed by atoms with Gasteiger partial charge in [0.25, 0.3) is 0 Å². The van der Waals surface area contributed by atoms with Gasteiger partial charge in [0, 0.05) is 0 Å². The van der Waals surface area contributed by atoms with Crippen LogP contribution in [0, 0.1) is 11.8 Å². The Labute approximate surface area is 76.9 Å². The van der Waals surface area contributed by atoms with Gasteiger partial charge in [-0.15, -0.1) is 0 Å². The van der Waals surface area contributed by atoms with E-state index in [1.807, 2.05) is 0 Å². The molecule has 0 aromatic carbocycles. The first-order chi connectivity index (χ1) is 5.70. The smallest absolute Gasteiger partial charge is 0.00258 e. The standard InChI is InChI=1S/C10H24N2/c1-4-10(7-11)5-6-12-8-9(2)3/h9-10,12H,4-8,11H2,1-3H3. The molecular formula is C10H24N2. The van der Waals surface area contributed by atoms with Gasteiger partial charge in [-0.3, -0.25) is 0 Å². The molecule has 12 heavy (non-hydrogen) atoms. The van der Waals surface area contributed by atoms with Crippen molar-refractivity contribution in [1.29, 1.82) is 0 Å². The van der Waals surface area contributed by atoms with E-state index in [4.69, 9.17) is 5.73 Å². The zero-order valence-corrected chi connectivity index (χ0v) is 8.77. The summed E-state index contributed by atoms with van der Waals surface area (Å²) in [5.41, 5.74) is 5.60. The highest BCUT2D eigenvalue weighted by Crippen LogP contribution is 2.04. The molecule has 0 heterocycles. The molecule has 0 radical (unpaired) electrons. The molecule has 2 heteroatoms. The Morgan fingerprint density at radius 1 is 1.33 bits per heavy atom. The van der Waals surface area contributed by atoms with Gasteiger partial charge in [0.2, 0.25) is 0 Å². The van der Waals surface area contributed by atoms with E-state index in [-0.39, 0.29) is 0 Å². The minimum atomic E-state index is 0.713. The van der Waals surface area contributed by atoms with Crippen LogP contribution in [0.25, 0.3) is 0 Å². The molecular weight excluding hydrogens is 148 g/mol. The largest absolute Gasteiger partial charge is 0.330 e. The van der Waals surface area contributed by atoms with Crippen molar-refractivity contribution in [1.82, 2.24) is 5.32 Å². The van der Waals surface area contributed by atoms with E-state index in [0.29, 0.717) is 5.92 Å². The van der Waals surface area contributed by atoms with Gasteiger partial charge in [-0.25, -0.2) is 0 Å². The Bertz CT molecular complexity index is 87.8. The third-order valence-corrected chi connectivity index (χ3v) is 2.19. The number of hydrogen-bond donors (Lipinski definition) is 2. The molecule has 0 bridgehead atoms. The topological polar surface area (TPSA) is 38.0 Å². The van der Waals surface area contributed by atoms with Gasteiger partial charge >= 0.3 is 0 Å². The second kappa shape index (κ2) is 7.56. The van der Waals surface area contributed by atoms with Crippen molar-refractivity contribution in [3.63, 3.8) is 0 Å². The number of hydrogen-bond acceptors (Lipinski definition) is 2. The van der Waals surface area contributed by atoms with Crippen LogP contribution < -0.4 is 11.1 Å². The minimum absolute atomic E-state index is 0.713. The predicted octanol–water partition coefficient (Wildman–Crippen LogP) is 1.61. The van der Waals surface area contributed by atoms with Crippen LogP contribution in [0.4, 0.5) is 0 Å². The Morgan fingerprint density at radius 2 is 2.00 bits per heavy atom. The molecule has 0 aliphatic rings. The maximum absolute atomic E-state index is 5.60. The van der Waals surface area contributed by atoms with Gasteiger partial charge in [-0.1, -0.05) is 27.2 Å². The normalized spacial score (nSPS) is 13.8. The molecule has 0 aromatic heterocycles. The maximum atomic E-state index is 5.60. The molecule has 2 nitrogen and oxygen atoms in total. The molecule has 0 aliphatic carbocycles. The van der Waals surface area contributed by atoms with Crippen molar-refractivity contribution < 1.29 is 0 Å². The fourth-order valence-corrected chi connectivity index (χ4v) is 1.19. The highest BCUT2D eigenvalue weighted by molar-refractivity contribution is 4.60. The Morgan fingerprint density at radius 3 is 2.42 bits per heavy atom. The Kier molecular flexibility index (Phi) is 7.51. The quantitative estimate of drug-likeness (QED) is 0.573. The molecule has 1 atom stereocenters. The Hall–Kier alpha value is -0.0800. The molecule has 74 valence electrons. The van der Waals surface area contributed by atoms with Gasteiger partial charge in [-0.2, -0.15) is 0 Å². The maximum Gasteiger partial charge on any atom is -0.00258 e. The zero-order valence-electron chi connectivity index (χ0n) is 8.77. The van der Waals surface area contributed by atoms with E-state index < -0.39 is 0 Å². The molecule has 0 spiro atoms. The van der Waals surface area contributed by atoms with Crippen molar-refractivity contribution in [2.24, 2.45) is 17.6 Å². The molecule has 3 N–H and O–H groups in total. The van der Waals surface area contributed by atoms with Gasteiger partial charge in [0.15, 0.2) is 0 Å². The molecule has 0 aliphatic heterocycles. The summed E-state index contributed by atoms with van der Waals surface area (Å²) in [5.74, 6) is 1.47. The summed E-state index contributed by atoms with van der Waals surface area (Å²) >= 11 is 0. The lowest BCUT2D eigenvalue weighted by molar-refractivity contribution is 0.446. The average molecular weight is 172 g/mol. The van der Waals surface area contributed by atoms with Crippen LogP contribution >= 0.6 is 0 Å². The lowest BCUT2D eigenvalue weighted by Gasteiger charge is -2.13. The van der Waals surface area contributed by atoms with Gasteiger partial charge < -0.3 is 11.1 Å². The summed E-state index contributed by atoms with van der Waals surface area (Å²) in [6, 6.07) is 0. The molecule has 0 fully saturated rings. The van der Waals surface area contributed by atoms with E-state index >= 15 is 0 Å². The number of rotatable bonds is 7. The second-order valence-electron chi connectivity index (χ2n) is 3.90. The third-order valence-electron chi connectivity index (χ3n) is 2.19. The summed E-state index contributed by atoms with van der Waals surface area (Å²) in [4.78, 5) is 0. The fourth-order valence-electron chi connectivity index (χ4n) is 1.19.